The molecule has 8 heteroatoms. The Kier molecular flexibility index (Phi) is 9.27. The standard InChI is InChI=1S/C15H27NO7/c1-10(18)4-2-3-5-13(20)16-6-7-22-14-8-11(19)15(21)12(9-17)23-14/h11-12,14-15,17,19,21H,2-9H2,1H3,(H,16,20)/t11-,12-,14-,15+/m1/s1. The first-order chi connectivity index (χ1) is 10.9. The molecule has 1 amide bonds. The second kappa shape index (κ2) is 10.7. The number of nitrogens with one attached hydrogen (secondary N) is 1. The highest BCUT2D eigenvalue weighted by molar-refractivity contribution is 5.76. The zero-order valence-electron chi connectivity index (χ0n) is 13.4. The zero-order chi connectivity index (χ0) is 17.2. The molecular weight excluding hydrogens is 306 g/mol. The number of ether oxygens (including phenoxy) is 2. The van der Waals surface area contributed by atoms with Gasteiger partial charge in [0.2, 0.25) is 5.91 Å². The summed E-state index contributed by atoms with van der Waals surface area (Å²) in [6.45, 7) is 1.62. The van der Waals surface area contributed by atoms with E-state index >= 15 is 0 Å². The number of aliphatic hydroxyl groups is 3. The van der Waals surface area contributed by atoms with Crippen molar-refractivity contribution in [3.63, 3.8) is 0 Å². The normalized spacial score (nSPS) is 27.7. The average Bonchev–Trinajstić information content (AvgIpc) is 2.51. The van der Waals surface area contributed by atoms with Gasteiger partial charge in [-0.1, -0.05) is 0 Å². The molecule has 0 unspecified atom stereocenters. The lowest BCUT2D eigenvalue weighted by atomic mass is 10.0. The van der Waals surface area contributed by atoms with Gasteiger partial charge in [0.05, 0.1) is 19.3 Å². The van der Waals surface area contributed by atoms with E-state index in [9.17, 15) is 19.8 Å². The summed E-state index contributed by atoms with van der Waals surface area (Å²) in [6.07, 6.45) is -1.40. The molecule has 0 saturated carbocycles. The first-order valence-electron chi connectivity index (χ1n) is 7.94. The molecule has 1 rings (SSSR count). The quantitative estimate of drug-likeness (QED) is 0.382. The third kappa shape index (κ3) is 7.85. The van der Waals surface area contributed by atoms with Gasteiger partial charge in [0.15, 0.2) is 6.29 Å². The van der Waals surface area contributed by atoms with E-state index in [1.54, 1.807) is 0 Å². The molecule has 1 aliphatic rings. The topological polar surface area (TPSA) is 125 Å². The number of unbranched alkanes of at least 4 members (excludes halogenated alkanes) is 1. The lowest BCUT2D eigenvalue weighted by molar-refractivity contribution is -0.256. The van der Waals surface area contributed by atoms with Crippen LogP contribution in [0, 0.1) is 0 Å². The zero-order valence-corrected chi connectivity index (χ0v) is 13.4. The Hall–Kier alpha value is -1.06. The van der Waals surface area contributed by atoms with Crippen LogP contribution in [0.3, 0.4) is 0 Å². The van der Waals surface area contributed by atoms with Crippen molar-refractivity contribution in [3.05, 3.63) is 0 Å². The molecule has 0 bridgehead atoms. The molecule has 4 N–H and O–H groups in total. The van der Waals surface area contributed by atoms with Gasteiger partial charge in [0.25, 0.3) is 0 Å². The molecule has 134 valence electrons. The van der Waals surface area contributed by atoms with E-state index in [4.69, 9.17) is 14.6 Å². The van der Waals surface area contributed by atoms with Gasteiger partial charge in [-0.2, -0.15) is 0 Å². The predicted molar refractivity (Wildman–Crippen MR) is 80.5 cm³/mol. The molecule has 8 nitrogen and oxygen atoms in total. The van der Waals surface area contributed by atoms with Gasteiger partial charge in [-0.15, -0.1) is 0 Å². The van der Waals surface area contributed by atoms with E-state index in [1.165, 1.54) is 6.92 Å². The van der Waals surface area contributed by atoms with Crippen LogP contribution in [0.15, 0.2) is 0 Å². The highest BCUT2D eigenvalue weighted by atomic mass is 16.7. The molecule has 1 heterocycles. The van der Waals surface area contributed by atoms with Crippen molar-refractivity contribution in [2.75, 3.05) is 19.8 Å². The molecule has 0 aromatic rings. The lowest BCUT2D eigenvalue weighted by Crippen LogP contribution is -2.50. The van der Waals surface area contributed by atoms with E-state index in [2.05, 4.69) is 5.32 Å². The van der Waals surface area contributed by atoms with Crippen LogP contribution in [0.1, 0.15) is 39.0 Å². The van der Waals surface area contributed by atoms with Crippen LogP contribution in [-0.4, -0.2) is 71.4 Å². The molecular formula is C15H27NO7. The Balaban J connectivity index is 2.10. The maximum Gasteiger partial charge on any atom is 0.220 e. The first kappa shape index (κ1) is 20.0. The fourth-order valence-electron chi connectivity index (χ4n) is 2.30. The van der Waals surface area contributed by atoms with Gasteiger partial charge >= 0.3 is 0 Å². The average molecular weight is 333 g/mol. The summed E-state index contributed by atoms with van der Waals surface area (Å²) in [6, 6.07) is 0. The SMILES string of the molecule is CC(=O)CCCCC(=O)NCCO[C@H]1C[C@@H](O)[C@H](O)[C@@H](CO)O1. The van der Waals surface area contributed by atoms with Crippen LogP contribution in [0.5, 0.6) is 0 Å². The van der Waals surface area contributed by atoms with Gasteiger partial charge in [0.1, 0.15) is 18.0 Å². The molecule has 0 aromatic carbocycles. The Morgan fingerprint density at radius 1 is 1.26 bits per heavy atom. The lowest BCUT2D eigenvalue weighted by Gasteiger charge is -2.36. The number of hydrogen-bond donors (Lipinski definition) is 4. The van der Waals surface area contributed by atoms with Crippen LogP contribution in [-0.2, 0) is 19.1 Å². The van der Waals surface area contributed by atoms with E-state index in [0.29, 0.717) is 32.2 Å². The van der Waals surface area contributed by atoms with Gasteiger partial charge in [-0.3, -0.25) is 4.79 Å². The number of ketones is 1. The third-order valence-corrected chi connectivity index (χ3v) is 3.63. The maximum absolute atomic E-state index is 11.5. The van der Waals surface area contributed by atoms with Crippen LogP contribution in [0.4, 0.5) is 0 Å². The largest absolute Gasteiger partial charge is 0.394 e. The van der Waals surface area contributed by atoms with Crippen LogP contribution >= 0.6 is 0 Å². The van der Waals surface area contributed by atoms with Crippen LogP contribution < -0.4 is 5.32 Å². The molecule has 0 spiro atoms. The monoisotopic (exact) mass is 333 g/mol. The predicted octanol–water partition coefficient (Wildman–Crippen LogP) is -0.902. The molecule has 23 heavy (non-hydrogen) atoms. The highest BCUT2D eigenvalue weighted by Gasteiger charge is 2.36. The molecule has 1 saturated heterocycles. The minimum atomic E-state index is -1.13. The van der Waals surface area contributed by atoms with E-state index in [1.807, 2.05) is 0 Å². The number of carbonyl (C=O) groups excluding carboxylic acids is 2. The number of Topliss-reactive ketones (excluding diaryl/α,β-unsaturated/α-hetero) is 1. The van der Waals surface area contributed by atoms with Crippen molar-refractivity contribution < 1.29 is 34.4 Å². The van der Waals surface area contributed by atoms with Crippen molar-refractivity contribution in [2.24, 2.45) is 0 Å². The Morgan fingerprint density at radius 3 is 2.61 bits per heavy atom. The summed E-state index contributed by atoms with van der Waals surface area (Å²) in [7, 11) is 0. The van der Waals surface area contributed by atoms with Crippen LogP contribution in [0.2, 0.25) is 0 Å². The summed E-state index contributed by atoms with van der Waals surface area (Å²) in [5, 5.41) is 30.9. The number of rotatable bonds is 10. The minimum absolute atomic E-state index is 0.106. The van der Waals surface area contributed by atoms with Crippen molar-refractivity contribution in [1.82, 2.24) is 5.32 Å². The summed E-state index contributed by atoms with van der Waals surface area (Å²) < 4.78 is 10.7. The summed E-state index contributed by atoms with van der Waals surface area (Å²) in [5.41, 5.74) is 0. The van der Waals surface area contributed by atoms with Crippen molar-refractivity contribution in [1.29, 1.82) is 0 Å². The van der Waals surface area contributed by atoms with Crippen molar-refractivity contribution in [2.45, 2.75) is 63.6 Å². The van der Waals surface area contributed by atoms with E-state index in [0.717, 1.165) is 0 Å². The van der Waals surface area contributed by atoms with Gasteiger partial charge in [-0.25, -0.2) is 0 Å². The smallest absolute Gasteiger partial charge is 0.220 e. The van der Waals surface area contributed by atoms with Crippen LogP contribution in [0.25, 0.3) is 0 Å². The fourth-order valence-corrected chi connectivity index (χ4v) is 2.30. The number of carbonyl (C=O) groups is 2. The Bertz CT molecular complexity index is 377. The summed E-state index contributed by atoms with van der Waals surface area (Å²) in [5.74, 6) is 0.0187. The van der Waals surface area contributed by atoms with E-state index < -0.39 is 31.2 Å². The molecule has 1 fully saturated rings. The maximum atomic E-state index is 11.5. The highest BCUT2D eigenvalue weighted by Crippen LogP contribution is 2.20. The molecule has 0 radical (unpaired) electrons. The molecule has 0 aromatic heterocycles. The molecule has 4 atom stereocenters. The third-order valence-electron chi connectivity index (χ3n) is 3.63. The Labute approximate surface area is 135 Å². The molecule has 1 aliphatic heterocycles. The summed E-state index contributed by atoms with van der Waals surface area (Å²) in [4.78, 5) is 22.3. The number of aliphatic hydroxyl groups excluding tert-OH is 3. The van der Waals surface area contributed by atoms with Gasteiger partial charge in [-0.05, 0) is 19.8 Å². The molecule has 0 aliphatic carbocycles. The Morgan fingerprint density at radius 2 is 1.96 bits per heavy atom. The van der Waals surface area contributed by atoms with Gasteiger partial charge in [0, 0.05) is 25.8 Å². The minimum Gasteiger partial charge on any atom is -0.394 e. The second-order valence-corrected chi connectivity index (χ2v) is 5.71. The van der Waals surface area contributed by atoms with Crippen molar-refractivity contribution in [3.8, 4) is 0 Å². The van der Waals surface area contributed by atoms with Gasteiger partial charge < -0.3 is 34.9 Å². The number of hydrogen-bond acceptors (Lipinski definition) is 7. The van der Waals surface area contributed by atoms with E-state index in [-0.39, 0.29) is 24.7 Å². The second-order valence-electron chi connectivity index (χ2n) is 5.71. The fraction of sp³-hybridized carbons (Fsp3) is 0.867. The van der Waals surface area contributed by atoms with Crippen molar-refractivity contribution >= 4 is 11.7 Å². The number of amides is 1. The first-order valence-corrected chi connectivity index (χ1v) is 7.94. The summed E-state index contributed by atoms with van der Waals surface area (Å²) >= 11 is 0.